The molecule has 0 aromatic heterocycles. The molecule has 0 rings (SSSR count). The van der Waals surface area contributed by atoms with Crippen molar-refractivity contribution in [1.29, 1.82) is 0 Å². The summed E-state index contributed by atoms with van der Waals surface area (Å²) in [6.45, 7) is -0.688. The second-order valence-electron chi connectivity index (χ2n) is 1.87. The number of aliphatic hydroxyl groups excluding tert-OH is 4. The van der Waals surface area contributed by atoms with Crippen molar-refractivity contribution < 1.29 is 25.2 Å². The van der Waals surface area contributed by atoms with Crippen LogP contribution in [0.3, 0.4) is 0 Å². The average Bonchev–Trinajstić information content (AvgIpc) is 2.00. The van der Waals surface area contributed by atoms with E-state index in [1.54, 1.807) is 0 Å². The zero-order chi connectivity index (χ0) is 8.15. The van der Waals surface area contributed by atoms with E-state index in [9.17, 15) is 4.79 Å². The number of rotatable bonds is 4. The van der Waals surface area contributed by atoms with Crippen molar-refractivity contribution in [2.24, 2.45) is 0 Å². The van der Waals surface area contributed by atoms with Crippen LogP contribution in [0.5, 0.6) is 0 Å². The minimum atomic E-state index is -1.64. The smallest absolute Gasteiger partial charge is 0.151 e. The van der Waals surface area contributed by atoms with E-state index in [4.69, 9.17) is 20.4 Å². The fourth-order valence-electron chi connectivity index (χ4n) is 0.416. The Balaban J connectivity index is 3.80. The minimum Gasteiger partial charge on any atom is -0.394 e. The molecule has 5 heteroatoms. The van der Waals surface area contributed by atoms with Crippen molar-refractivity contribution in [3.05, 3.63) is 0 Å². The van der Waals surface area contributed by atoms with Gasteiger partial charge in [-0.25, -0.2) is 0 Å². The van der Waals surface area contributed by atoms with E-state index in [0.717, 1.165) is 0 Å². The lowest BCUT2D eigenvalue weighted by Gasteiger charge is -2.16. The second-order valence-corrected chi connectivity index (χ2v) is 1.87. The van der Waals surface area contributed by atoms with Crippen LogP contribution in [-0.2, 0) is 4.79 Å². The SMILES string of the molecule is O=[14CH][C@H](O)[C@@H](O)[C@H](O)CO. The fraction of sp³-hybridized carbons (Fsp3) is 0.800. The summed E-state index contributed by atoms with van der Waals surface area (Å²) < 4.78 is 0. The monoisotopic (exact) mass is 152 g/mol. The number of hydrogen-bond donors (Lipinski definition) is 4. The first-order valence-corrected chi connectivity index (χ1v) is 2.73. The molecule has 0 aliphatic rings. The van der Waals surface area contributed by atoms with Gasteiger partial charge in [-0.2, -0.15) is 0 Å². The van der Waals surface area contributed by atoms with E-state index < -0.39 is 24.9 Å². The Labute approximate surface area is 57.5 Å². The maximum Gasteiger partial charge on any atom is 0.151 e. The molecule has 0 aliphatic heterocycles. The van der Waals surface area contributed by atoms with Crippen LogP contribution < -0.4 is 0 Å². The molecule has 3 atom stereocenters. The maximum absolute atomic E-state index is 9.76. The topological polar surface area (TPSA) is 98.0 Å². The molecule has 0 unspecified atom stereocenters. The van der Waals surface area contributed by atoms with Gasteiger partial charge in [-0.05, 0) is 0 Å². The summed E-state index contributed by atoms with van der Waals surface area (Å²) in [6, 6.07) is 0. The molecule has 10 heavy (non-hydrogen) atoms. The van der Waals surface area contributed by atoms with Crippen LogP contribution in [0, 0.1) is 0 Å². The van der Waals surface area contributed by atoms with Crippen LogP contribution in [0.1, 0.15) is 0 Å². The molecule has 0 radical (unpaired) electrons. The molecule has 0 aliphatic carbocycles. The molecule has 5 nitrogen and oxygen atoms in total. The zero-order valence-electron chi connectivity index (χ0n) is 5.21. The summed E-state index contributed by atoms with van der Waals surface area (Å²) in [5, 5.41) is 34.1. The summed E-state index contributed by atoms with van der Waals surface area (Å²) in [7, 11) is 0. The highest BCUT2D eigenvalue weighted by Crippen LogP contribution is 1.96. The van der Waals surface area contributed by atoms with Gasteiger partial charge in [-0.3, -0.25) is 0 Å². The van der Waals surface area contributed by atoms with Gasteiger partial charge in [0.05, 0.1) is 6.61 Å². The number of carbonyl (C=O) groups is 1. The lowest BCUT2D eigenvalue weighted by Crippen LogP contribution is -2.40. The van der Waals surface area contributed by atoms with E-state index in [-0.39, 0.29) is 6.29 Å². The van der Waals surface area contributed by atoms with Crippen molar-refractivity contribution in [1.82, 2.24) is 0 Å². The van der Waals surface area contributed by atoms with E-state index >= 15 is 0 Å². The highest BCUT2D eigenvalue weighted by Gasteiger charge is 2.22. The predicted octanol–water partition coefficient (Wildman–Crippen LogP) is -2.74. The molecule has 0 fully saturated rings. The Morgan fingerprint density at radius 1 is 1.30 bits per heavy atom. The molecule has 0 heterocycles. The first-order valence-electron chi connectivity index (χ1n) is 2.73. The zero-order valence-corrected chi connectivity index (χ0v) is 5.21. The Bertz CT molecular complexity index is 104. The molecule has 0 spiro atoms. The van der Waals surface area contributed by atoms with Gasteiger partial charge >= 0.3 is 0 Å². The van der Waals surface area contributed by atoms with Crippen LogP contribution in [0.15, 0.2) is 0 Å². The molecule has 0 saturated carbocycles. The van der Waals surface area contributed by atoms with Crippen LogP contribution in [-0.4, -0.2) is 51.6 Å². The number of hydrogen-bond acceptors (Lipinski definition) is 5. The summed E-state index contributed by atoms with van der Waals surface area (Å²) >= 11 is 0. The van der Waals surface area contributed by atoms with Gasteiger partial charge in [-0.1, -0.05) is 0 Å². The van der Waals surface area contributed by atoms with E-state index in [0.29, 0.717) is 0 Å². The number of aliphatic hydroxyl groups is 4. The van der Waals surface area contributed by atoms with Gasteiger partial charge in [0, 0.05) is 0 Å². The third kappa shape index (κ3) is 2.40. The molecule has 4 N–H and O–H groups in total. The van der Waals surface area contributed by atoms with E-state index in [1.165, 1.54) is 0 Å². The van der Waals surface area contributed by atoms with Crippen molar-refractivity contribution >= 4 is 6.29 Å². The lowest BCUT2D eigenvalue weighted by molar-refractivity contribution is -0.127. The Hall–Kier alpha value is -0.490. The van der Waals surface area contributed by atoms with Gasteiger partial charge < -0.3 is 25.2 Å². The number of aldehydes is 1. The van der Waals surface area contributed by atoms with Gasteiger partial charge in [0.1, 0.15) is 18.3 Å². The molecule has 0 aromatic carbocycles. The molecular formula is C5H10O5. The average molecular weight is 152 g/mol. The Kier molecular flexibility index (Phi) is 4.13. The highest BCUT2D eigenvalue weighted by molar-refractivity contribution is 5.56. The summed E-state index contributed by atoms with van der Waals surface area (Å²) in [6.07, 6.45) is -4.63. The quantitative estimate of drug-likeness (QED) is 0.328. The molecule has 0 amide bonds. The van der Waals surface area contributed by atoms with Crippen molar-refractivity contribution in [2.45, 2.75) is 18.3 Å². The molecule has 0 bridgehead atoms. The van der Waals surface area contributed by atoms with Crippen molar-refractivity contribution in [3.8, 4) is 0 Å². The molecule has 60 valence electrons. The standard InChI is InChI=1S/C5H10O5/c6-1-3(8)5(10)4(9)2-7/h1,3-5,7-10H,2H2/t3-,4+,5+/m0/s1/i1+2. The van der Waals surface area contributed by atoms with Crippen LogP contribution >= 0.6 is 0 Å². The largest absolute Gasteiger partial charge is 0.394 e. The lowest BCUT2D eigenvalue weighted by atomic mass is 10.2. The van der Waals surface area contributed by atoms with Crippen LogP contribution in [0.2, 0.25) is 0 Å². The summed E-state index contributed by atoms with van der Waals surface area (Å²) in [5.74, 6) is 0. The third-order valence-corrected chi connectivity index (χ3v) is 1.07. The van der Waals surface area contributed by atoms with Gasteiger partial charge in [0.2, 0.25) is 0 Å². The summed E-state index contributed by atoms with van der Waals surface area (Å²) in [5.41, 5.74) is 0. The molecule has 0 saturated heterocycles. The van der Waals surface area contributed by atoms with Crippen molar-refractivity contribution in [2.75, 3.05) is 6.61 Å². The highest BCUT2D eigenvalue weighted by atomic mass is 16.4. The van der Waals surface area contributed by atoms with E-state index in [1.807, 2.05) is 0 Å². The molecule has 0 aromatic rings. The summed E-state index contributed by atoms with van der Waals surface area (Å²) in [4.78, 5) is 9.76. The van der Waals surface area contributed by atoms with Crippen molar-refractivity contribution in [3.63, 3.8) is 0 Å². The first kappa shape index (κ1) is 9.51. The van der Waals surface area contributed by atoms with Gasteiger partial charge in [-0.15, -0.1) is 0 Å². The number of carbonyl (C=O) groups excluding carboxylic acids is 1. The van der Waals surface area contributed by atoms with Crippen LogP contribution in [0.4, 0.5) is 0 Å². The van der Waals surface area contributed by atoms with E-state index in [2.05, 4.69) is 0 Å². The first-order chi connectivity index (χ1) is 4.63. The maximum atomic E-state index is 9.76. The van der Waals surface area contributed by atoms with Gasteiger partial charge in [0.15, 0.2) is 6.29 Å². The molecular weight excluding hydrogens is 142 g/mol. The predicted molar refractivity (Wildman–Crippen MR) is 31.2 cm³/mol. The second kappa shape index (κ2) is 4.35. The Morgan fingerprint density at radius 2 is 1.80 bits per heavy atom. The van der Waals surface area contributed by atoms with Gasteiger partial charge in [0.25, 0.3) is 0 Å². The fourth-order valence-corrected chi connectivity index (χ4v) is 0.416. The Morgan fingerprint density at radius 3 is 2.10 bits per heavy atom. The minimum absolute atomic E-state index is 0.0869. The third-order valence-electron chi connectivity index (χ3n) is 1.07. The van der Waals surface area contributed by atoms with Crippen LogP contribution in [0.25, 0.3) is 0 Å². The normalized spacial score (nSPS) is 19.6.